The molecule has 0 unspecified atom stereocenters. The molecule has 1 N–H and O–H groups in total. The highest BCUT2D eigenvalue weighted by Gasteiger charge is 2.23. The minimum absolute atomic E-state index is 0.131. The number of piperazine rings is 1. The third-order valence-corrected chi connectivity index (χ3v) is 6.32. The van der Waals surface area contributed by atoms with E-state index >= 15 is 0 Å². The van der Waals surface area contributed by atoms with Crippen molar-refractivity contribution >= 4 is 33.2 Å². The number of sulfonamides is 1. The molecule has 0 bridgehead atoms. The number of anilines is 1. The van der Waals surface area contributed by atoms with Crippen molar-refractivity contribution < 1.29 is 13.2 Å². The van der Waals surface area contributed by atoms with Crippen LogP contribution in [-0.2, 0) is 10.0 Å². The fourth-order valence-corrected chi connectivity index (χ4v) is 4.34. The second-order valence-corrected chi connectivity index (χ2v) is 8.43. The predicted octanol–water partition coefficient (Wildman–Crippen LogP) is 2.92. The minimum Gasteiger partial charge on any atom is -0.336 e. The summed E-state index contributed by atoms with van der Waals surface area (Å²) in [4.78, 5) is 16.9. The molecule has 27 heavy (non-hydrogen) atoms. The largest absolute Gasteiger partial charge is 0.336 e. The number of benzene rings is 2. The number of carbonyl (C=O) groups is 1. The number of rotatable bonds is 5. The predicted molar refractivity (Wildman–Crippen MR) is 107 cm³/mol. The number of amides is 1. The minimum atomic E-state index is -3.70. The molecule has 1 aliphatic rings. The lowest BCUT2D eigenvalue weighted by Gasteiger charge is -2.34. The summed E-state index contributed by atoms with van der Waals surface area (Å²) in [6, 6.07) is 12.7. The van der Waals surface area contributed by atoms with E-state index in [0.29, 0.717) is 24.3 Å². The highest BCUT2D eigenvalue weighted by molar-refractivity contribution is 7.92. The molecule has 1 heterocycles. The standard InChI is InChI=1S/C19H22ClN3O3S/c1-2-22-10-12-23(13-11-22)19(24)17-9-8-15(14-18(17)20)21-27(25,26)16-6-4-3-5-7-16/h3-9,14,21H,2,10-13H2,1H3. The number of carbonyl (C=O) groups excluding carboxylic acids is 1. The Bertz CT molecular complexity index is 911. The van der Waals surface area contributed by atoms with Crippen molar-refractivity contribution in [3.05, 3.63) is 59.1 Å². The molecule has 144 valence electrons. The molecule has 1 fully saturated rings. The van der Waals surface area contributed by atoms with Gasteiger partial charge in [-0.25, -0.2) is 8.42 Å². The Morgan fingerprint density at radius 2 is 1.74 bits per heavy atom. The number of nitrogens with one attached hydrogen (secondary N) is 1. The van der Waals surface area contributed by atoms with Crippen LogP contribution in [0.15, 0.2) is 53.4 Å². The second-order valence-electron chi connectivity index (χ2n) is 6.34. The molecular formula is C19H22ClN3O3S. The molecule has 8 heteroatoms. The molecule has 1 amide bonds. The maximum atomic E-state index is 12.7. The van der Waals surface area contributed by atoms with Crippen LogP contribution in [0.1, 0.15) is 17.3 Å². The third kappa shape index (κ3) is 4.61. The van der Waals surface area contributed by atoms with Gasteiger partial charge < -0.3 is 9.80 Å². The first-order chi connectivity index (χ1) is 12.9. The fourth-order valence-electron chi connectivity index (χ4n) is 3.00. The summed E-state index contributed by atoms with van der Waals surface area (Å²) < 4.78 is 27.3. The second kappa shape index (κ2) is 8.29. The lowest BCUT2D eigenvalue weighted by Crippen LogP contribution is -2.48. The van der Waals surface area contributed by atoms with E-state index in [9.17, 15) is 13.2 Å². The lowest BCUT2D eigenvalue weighted by atomic mass is 10.1. The summed E-state index contributed by atoms with van der Waals surface area (Å²) >= 11 is 6.28. The van der Waals surface area contributed by atoms with Crippen LogP contribution in [0, 0.1) is 0 Å². The Kier molecular flexibility index (Phi) is 6.04. The molecule has 0 aromatic heterocycles. The van der Waals surface area contributed by atoms with Crippen LogP contribution in [0.25, 0.3) is 0 Å². The van der Waals surface area contributed by atoms with E-state index in [1.807, 2.05) is 0 Å². The summed E-state index contributed by atoms with van der Waals surface area (Å²) in [6.07, 6.45) is 0. The highest BCUT2D eigenvalue weighted by Crippen LogP contribution is 2.25. The van der Waals surface area contributed by atoms with Crippen molar-refractivity contribution in [1.29, 1.82) is 0 Å². The third-order valence-electron chi connectivity index (χ3n) is 4.61. The van der Waals surface area contributed by atoms with Crippen molar-refractivity contribution in [2.24, 2.45) is 0 Å². The Hall–Kier alpha value is -2.09. The van der Waals surface area contributed by atoms with Gasteiger partial charge in [-0.1, -0.05) is 36.7 Å². The van der Waals surface area contributed by atoms with Crippen LogP contribution in [0.5, 0.6) is 0 Å². The Labute approximate surface area is 164 Å². The van der Waals surface area contributed by atoms with Gasteiger partial charge >= 0.3 is 0 Å². The Balaban J connectivity index is 1.73. The molecule has 0 atom stereocenters. The number of nitrogens with zero attached hydrogens (tertiary/aromatic N) is 2. The van der Waals surface area contributed by atoms with Gasteiger partial charge in [0.2, 0.25) is 0 Å². The maximum Gasteiger partial charge on any atom is 0.261 e. The first-order valence-corrected chi connectivity index (χ1v) is 10.7. The molecule has 0 saturated carbocycles. The van der Waals surface area contributed by atoms with E-state index in [-0.39, 0.29) is 15.8 Å². The SMILES string of the molecule is CCN1CCN(C(=O)c2ccc(NS(=O)(=O)c3ccccc3)cc2Cl)CC1. The van der Waals surface area contributed by atoms with E-state index in [0.717, 1.165) is 19.6 Å². The van der Waals surface area contributed by atoms with Crippen LogP contribution in [0.4, 0.5) is 5.69 Å². The monoisotopic (exact) mass is 407 g/mol. The quantitative estimate of drug-likeness (QED) is 0.827. The average molecular weight is 408 g/mol. The fraction of sp³-hybridized carbons (Fsp3) is 0.316. The molecule has 3 rings (SSSR count). The van der Waals surface area contributed by atoms with Gasteiger partial charge in [-0.15, -0.1) is 0 Å². The van der Waals surface area contributed by atoms with Gasteiger partial charge in [0.05, 0.1) is 21.2 Å². The average Bonchev–Trinajstić information content (AvgIpc) is 2.68. The molecule has 6 nitrogen and oxygen atoms in total. The smallest absolute Gasteiger partial charge is 0.261 e. The summed E-state index contributed by atoms with van der Waals surface area (Å²) in [6.45, 7) is 6.07. The Morgan fingerprint density at radius 3 is 2.33 bits per heavy atom. The van der Waals surface area contributed by atoms with E-state index in [2.05, 4.69) is 16.5 Å². The Morgan fingerprint density at radius 1 is 1.07 bits per heavy atom. The van der Waals surface area contributed by atoms with E-state index in [1.165, 1.54) is 18.2 Å². The van der Waals surface area contributed by atoms with Crippen LogP contribution in [-0.4, -0.2) is 56.8 Å². The first-order valence-electron chi connectivity index (χ1n) is 8.80. The molecule has 0 aliphatic carbocycles. The van der Waals surface area contributed by atoms with Crippen molar-refractivity contribution in [2.45, 2.75) is 11.8 Å². The molecule has 0 radical (unpaired) electrons. The molecule has 2 aromatic carbocycles. The summed E-state index contributed by atoms with van der Waals surface area (Å²) in [5, 5.41) is 0.228. The zero-order chi connectivity index (χ0) is 19.4. The zero-order valence-electron chi connectivity index (χ0n) is 15.1. The molecule has 0 spiro atoms. The molecule has 1 aliphatic heterocycles. The van der Waals surface area contributed by atoms with Crippen LogP contribution >= 0.6 is 11.6 Å². The normalized spacial score (nSPS) is 15.6. The van der Waals surface area contributed by atoms with Crippen molar-refractivity contribution in [2.75, 3.05) is 37.4 Å². The topological polar surface area (TPSA) is 69.7 Å². The van der Waals surface area contributed by atoms with Crippen LogP contribution in [0.2, 0.25) is 5.02 Å². The summed E-state index contributed by atoms with van der Waals surface area (Å²) in [5.41, 5.74) is 0.695. The maximum absolute atomic E-state index is 12.7. The molecular weight excluding hydrogens is 386 g/mol. The van der Waals surface area contributed by atoms with Gasteiger partial charge in [-0.05, 0) is 36.9 Å². The number of hydrogen-bond donors (Lipinski definition) is 1. The molecule has 1 saturated heterocycles. The van der Waals surface area contributed by atoms with Gasteiger partial charge in [-0.2, -0.15) is 0 Å². The van der Waals surface area contributed by atoms with Gasteiger partial charge in [0, 0.05) is 26.2 Å². The van der Waals surface area contributed by atoms with Gasteiger partial charge in [0.15, 0.2) is 0 Å². The van der Waals surface area contributed by atoms with E-state index in [4.69, 9.17) is 11.6 Å². The summed E-state index contributed by atoms with van der Waals surface area (Å²) in [7, 11) is -3.70. The number of likely N-dealkylation sites (N-methyl/N-ethyl adjacent to an activating group) is 1. The molecule has 2 aromatic rings. The highest BCUT2D eigenvalue weighted by atomic mass is 35.5. The van der Waals surface area contributed by atoms with E-state index < -0.39 is 10.0 Å². The lowest BCUT2D eigenvalue weighted by molar-refractivity contribution is 0.0643. The van der Waals surface area contributed by atoms with Crippen LogP contribution in [0.3, 0.4) is 0 Å². The zero-order valence-corrected chi connectivity index (χ0v) is 16.6. The number of hydrogen-bond acceptors (Lipinski definition) is 4. The van der Waals surface area contributed by atoms with E-state index in [1.54, 1.807) is 35.2 Å². The van der Waals surface area contributed by atoms with Crippen molar-refractivity contribution in [1.82, 2.24) is 9.80 Å². The van der Waals surface area contributed by atoms with Gasteiger partial charge in [0.1, 0.15) is 0 Å². The van der Waals surface area contributed by atoms with Crippen molar-refractivity contribution in [3.8, 4) is 0 Å². The number of halogens is 1. The van der Waals surface area contributed by atoms with Crippen LogP contribution < -0.4 is 4.72 Å². The van der Waals surface area contributed by atoms with Gasteiger partial charge in [-0.3, -0.25) is 9.52 Å². The summed E-state index contributed by atoms with van der Waals surface area (Å²) in [5.74, 6) is -0.131. The van der Waals surface area contributed by atoms with Gasteiger partial charge in [0.25, 0.3) is 15.9 Å². The first kappa shape index (κ1) is 19.7. The van der Waals surface area contributed by atoms with Crippen molar-refractivity contribution in [3.63, 3.8) is 0 Å².